The summed E-state index contributed by atoms with van der Waals surface area (Å²) in [7, 11) is 1.52. The van der Waals surface area contributed by atoms with Crippen molar-refractivity contribution in [3.63, 3.8) is 0 Å². The van der Waals surface area contributed by atoms with Crippen molar-refractivity contribution in [1.29, 1.82) is 0 Å². The predicted octanol–water partition coefficient (Wildman–Crippen LogP) is 2.43. The predicted molar refractivity (Wildman–Crippen MR) is 61.2 cm³/mol. The maximum Gasteiger partial charge on any atom is 0.189 e. The van der Waals surface area contributed by atoms with Crippen LogP contribution in [0.15, 0.2) is 24.3 Å². The molecule has 1 N–H and O–H groups in total. The number of methoxy groups -OCH3 is 1. The van der Waals surface area contributed by atoms with Crippen molar-refractivity contribution >= 4 is 5.78 Å². The van der Waals surface area contributed by atoms with Gasteiger partial charge >= 0.3 is 0 Å². The van der Waals surface area contributed by atoms with E-state index >= 15 is 0 Å². The zero-order valence-corrected chi connectivity index (χ0v) is 9.57. The molecule has 0 saturated carbocycles. The first-order valence-electron chi connectivity index (χ1n) is 5.11. The van der Waals surface area contributed by atoms with E-state index in [1.165, 1.54) is 13.2 Å². The minimum atomic E-state index is -0.359. The monoisotopic (exact) mass is 218 g/mol. The molecule has 0 heterocycles. The van der Waals surface area contributed by atoms with Crippen LogP contribution >= 0.6 is 0 Å². The molecule has 3 nitrogen and oxygen atoms in total. The Morgan fingerprint density at radius 3 is 2.62 bits per heavy atom. The lowest BCUT2D eigenvalue weighted by Crippen LogP contribution is -2.23. The summed E-state index contributed by atoms with van der Waals surface area (Å²) in [5, 5.41) is 9.89. The molecule has 0 radical (unpaired) electrons. The third-order valence-electron chi connectivity index (χ3n) is 2.91. The molecule has 0 bridgehead atoms. The molecule has 0 saturated heterocycles. The lowest BCUT2D eigenvalue weighted by Gasteiger charge is -2.28. The number of fused-ring (bicyclic) bond motifs is 1. The fourth-order valence-electron chi connectivity index (χ4n) is 2.09. The van der Waals surface area contributed by atoms with E-state index in [9.17, 15) is 9.90 Å². The first-order chi connectivity index (χ1) is 7.47. The standard InChI is InChI=1S/C13H14O3/c1-13(2)7-6-8(14)11-10(16-3)5-4-9(15)12(11)13/h4-7,15H,1-3H3. The minimum Gasteiger partial charge on any atom is -0.508 e. The molecule has 16 heavy (non-hydrogen) atoms. The Labute approximate surface area is 94.4 Å². The molecule has 1 aromatic rings. The topological polar surface area (TPSA) is 46.5 Å². The summed E-state index contributed by atoms with van der Waals surface area (Å²) in [6.45, 7) is 3.90. The van der Waals surface area contributed by atoms with Crippen LogP contribution in [0.25, 0.3) is 0 Å². The van der Waals surface area contributed by atoms with Gasteiger partial charge in [-0.15, -0.1) is 0 Å². The zero-order valence-electron chi connectivity index (χ0n) is 9.57. The third-order valence-corrected chi connectivity index (χ3v) is 2.91. The summed E-state index contributed by atoms with van der Waals surface area (Å²) in [5.41, 5.74) is 0.747. The minimum absolute atomic E-state index is 0.123. The Balaban J connectivity index is 2.80. The number of ketones is 1. The normalized spacial score (nSPS) is 17.1. The van der Waals surface area contributed by atoms with Crippen LogP contribution in [-0.2, 0) is 5.41 Å². The van der Waals surface area contributed by atoms with Crippen LogP contribution < -0.4 is 4.74 Å². The maximum atomic E-state index is 11.8. The molecule has 0 fully saturated rings. The van der Waals surface area contributed by atoms with Gasteiger partial charge in [-0.2, -0.15) is 0 Å². The van der Waals surface area contributed by atoms with Gasteiger partial charge in [-0.3, -0.25) is 4.79 Å². The highest BCUT2D eigenvalue weighted by atomic mass is 16.5. The number of allylic oxidation sites excluding steroid dienone is 2. The Morgan fingerprint density at radius 1 is 1.31 bits per heavy atom. The molecule has 0 amide bonds. The summed E-state index contributed by atoms with van der Waals surface area (Å²) in [6, 6.07) is 3.17. The number of phenolic OH excluding ortho intramolecular Hbond substituents is 1. The summed E-state index contributed by atoms with van der Waals surface area (Å²) < 4.78 is 5.17. The second-order valence-electron chi connectivity index (χ2n) is 4.46. The lowest BCUT2D eigenvalue weighted by atomic mass is 9.76. The highest BCUT2D eigenvalue weighted by Gasteiger charge is 2.32. The van der Waals surface area contributed by atoms with E-state index in [1.807, 2.05) is 13.8 Å². The largest absolute Gasteiger partial charge is 0.508 e. The summed E-state index contributed by atoms with van der Waals surface area (Å²) >= 11 is 0. The van der Waals surface area contributed by atoms with Crippen molar-refractivity contribution in [1.82, 2.24) is 0 Å². The Hall–Kier alpha value is -1.77. The Bertz CT molecular complexity index is 484. The van der Waals surface area contributed by atoms with E-state index in [0.717, 1.165) is 0 Å². The van der Waals surface area contributed by atoms with Gasteiger partial charge in [-0.25, -0.2) is 0 Å². The van der Waals surface area contributed by atoms with Gasteiger partial charge < -0.3 is 9.84 Å². The number of hydrogen-bond donors (Lipinski definition) is 1. The average molecular weight is 218 g/mol. The van der Waals surface area contributed by atoms with Gasteiger partial charge in [0, 0.05) is 11.0 Å². The van der Waals surface area contributed by atoms with Crippen molar-refractivity contribution in [2.24, 2.45) is 0 Å². The first-order valence-corrected chi connectivity index (χ1v) is 5.11. The van der Waals surface area contributed by atoms with Gasteiger partial charge in [-0.1, -0.05) is 19.9 Å². The van der Waals surface area contributed by atoms with E-state index < -0.39 is 0 Å². The van der Waals surface area contributed by atoms with Crippen LogP contribution in [-0.4, -0.2) is 18.0 Å². The van der Waals surface area contributed by atoms with E-state index in [2.05, 4.69) is 0 Å². The summed E-state index contributed by atoms with van der Waals surface area (Å²) in [5.74, 6) is 0.524. The molecular weight excluding hydrogens is 204 g/mol. The van der Waals surface area contributed by atoms with Crippen molar-refractivity contribution in [2.75, 3.05) is 7.11 Å². The number of benzene rings is 1. The molecule has 1 aliphatic carbocycles. The molecule has 0 unspecified atom stereocenters. The van der Waals surface area contributed by atoms with Crippen molar-refractivity contribution in [2.45, 2.75) is 19.3 Å². The maximum absolute atomic E-state index is 11.8. The highest BCUT2D eigenvalue weighted by molar-refractivity contribution is 6.10. The van der Waals surface area contributed by atoms with E-state index in [-0.39, 0.29) is 16.9 Å². The zero-order chi connectivity index (χ0) is 11.9. The SMILES string of the molecule is COc1ccc(O)c2c1C(=O)C=CC2(C)C. The number of phenols is 1. The molecule has 0 aliphatic heterocycles. The second-order valence-corrected chi connectivity index (χ2v) is 4.46. The smallest absolute Gasteiger partial charge is 0.189 e. The molecule has 1 aliphatic rings. The number of hydrogen-bond acceptors (Lipinski definition) is 3. The van der Waals surface area contributed by atoms with Crippen LogP contribution in [0, 0.1) is 0 Å². The highest BCUT2D eigenvalue weighted by Crippen LogP contribution is 2.42. The number of rotatable bonds is 1. The van der Waals surface area contributed by atoms with Crippen LogP contribution in [0.3, 0.4) is 0 Å². The number of aromatic hydroxyl groups is 1. The quantitative estimate of drug-likeness (QED) is 0.787. The van der Waals surface area contributed by atoms with Gasteiger partial charge in [0.2, 0.25) is 0 Å². The number of carbonyl (C=O) groups is 1. The third kappa shape index (κ3) is 1.40. The Morgan fingerprint density at radius 2 is 2.00 bits per heavy atom. The summed E-state index contributed by atoms with van der Waals surface area (Å²) in [4.78, 5) is 11.8. The second kappa shape index (κ2) is 3.37. The molecule has 84 valence electrons. The number of carbonyl (C=O) groups excluding carboxylic acids is 1. The fraction of sp³-hybridized carbons (Fsp3) is 0.308. The van der Waals surface area contributed by atoms with Gasteiger partial charge in [0.25, 0.3) is 0 Å². The van der Waals surface area contributed by atoms with Crippen molar-refractivity contribution < 1.29 is 14.6 Å². The van der Waals surface area contributed by atoms with Crippen LogP contribution in [0.1, 0.15) is 29.8 Å². The fourth-order valence-corrected chi connectivity index (χ4v) is 2.09. The average Bonchev–Trinajstić information content (AvgIpc) is 2.24. The molecule has 2 rings (SSSR count). The van der Waals surface area contributed by atoms with Crippen LogP contribution in [0.4, 0.5) is 0 Å². The molecular formula is C13H14O3. The Kier molecular flexibility index (Phi) is 2.26. The van der Waals surface area contributed by atoms with Gasteiger partial charge in [0.05, 0.1) is 12.7 Å². The van der Waals surface area contributed by atoms with Crippen LogP contribution in [0.5, 0.6) is 11.5 Å². The van der Waals surface area contributed by atoms with Crippen molar-refractivity contribution in [3.8, 4) is 11.5 Å². The van der Waals surface area contributed by atoms with E-state index in [4.69, 9.17) is 4.74 Å². The first kappa shape index (κ1) is 10.7. The summed E-state index contributed by atoms with van der Waals surface area (Å²) in [6.07, 6.45) is 3.33. The number of ether oxygens (including phenoxy) is 1. The molecule has 1 aromatic carbocycles. The van der Waals surface area contributed by atoms with Gasteiger partial charge in [-0.05, 0) is 18.2 Å². The molecule has 0 atom stereocenters. The van der Waals surface area contributed by atoms with Gasteiger partial charge in [0.1, 0.15) is 11.5 Å². The van der Waals surface area contributed by atoms with Crippen molar-refractivity contribution in [3.05, 3.63) is 35.4 Å². The van der Waals surface area contributed by atoms with E-state index in [1.54, 1.807) is 18.2 Å². The molecule has 0 spiro atoms. The van der Waals surface area contributed by atoms with Crippen LogP contribution in [0.2, 0.25) is 0 Å². The molecule has 3 heteroatoms. The van der Waals surface area contributed by atoms with Gasteiger partial charge in [0.15, 0.2) is 5.78 Å². The van der Waals surface area contributed by atoms with E-state index in [0.29, 0.717) is 16.9 Å². The molecule has 0 aromatic heterocycles. The lowest BCUT2D eigenvalue weighted by molar-refractivity contribution is 0.103.